The number of aromatic amines is 1. The third kappa shape index (κ3) is 4.96. The van der Waals surface area contributed by atoms with Crippen LogP contribution in [-0.2, 0) is 6.54 Å². The second kappa shape index (κ2) is 10.5. The highest BCUT2D eigenvalue weighted by molar-refractivity contribution is 5.95. The van der Waals surface area contributed by atoms with Gasteiger partial charge in [0, 0.05) is 11.6 Å². The molecule has 1 aromatic carbocycles. The molecule has 3 aromatic heterocycles. The molecule has 192 valence electrons. The summed E-state index contributed by atoms with van der Waals surface area (Å²) in [5, 5.41) is 2.93. The number of H-pyrrole nitrogens is 1. The zero-order chi connectivity index (χ0) is 25.9. The van der Waals surface area contributed by atoms with Gasteiger partial charge in [0.05, 0.1) is 37.0 Å². The molecular formula is C29H32N4O4. The summed E-state index contributed by atoms with van der Waals surface area (Å²) in [5.74, 6) is 1.35. The summed E-state index contributed by atoms with van der Waals surface area (Å²) in [6.07, 6.45) is 6.35. The Morgan fingerprint density at radius 1 is 1.14 bits per heavy atom. The summed E-state index contributed by atoms with van der Waals surface area (Å²) in [5.41, 5.74) is 5.15. The fraction of sp³-hybridized carbons (Fsp3) is 0.345. The number of aromatic nitrogens is 3. The van der Waals surface area contributed by atoms with Crippen molar-refractivity contribution in [1.82, 2.24) is 19.7 Å². The Morgan fingerprint density at radius 3 is 2.59 bits per heavy atom. The van der Waals surface area contributed by atoms with E-state index < -0.39 is 0 Å². The van der Waals surface area contributed by atoms with E-state index in [0.717, 1.165) is 40.9 Å². The normalized spacial score (nSPS) is 13.7. The standard InChI is InChI=1S/C29H32N4O4/c1-4-37-26-13-18(2)32-28(34)23(26)16-30-29(35)25-15-21(19-9-11-22(36-3)12-10-19)14-24-27(31-17-33(24)25)20-7-5-6-8-20/h9-15,17,20H,4-8,16H2,1-3H3,(H,30,35)(H,32,34). The molecule has 4 aromatic rings. The number of nitrogens with zero attached hydrogens (tertiary/aromatic N) is 2. The number of fused-ring (bicyclic) bond motifs is 1. The average molecular weight is 501 g/mol. The zero-order valence-corrected chi connectivity index (χ0v) is 21.5. The number of amides is 1. The van der Waals surface area contributed by atoms with Gasteiger partial charge in [-0.05, 0) is 68.1 Å². The molecule has 1 aliphatic rings. The third-order valence-corrected chi connectivity index (χ3v) is 7.03. The molecule has 1 saturated carbocycles. The zero-order valence-electron chi connectivity index (χ0n) is 21.5. The lowest BCUT2D eigenvalue weighted by Gasteiger charge is -2.14. The van der Waals surface area contributed by atoms with Crippen LogP contribution in [0.5, 0.6) is 11.5 Å². The summed E-state index contributed by atoms with van der Waals surface area (Å²) >= 11 is 0. The first-order valence-corrected chi connectivity index (χ1v) is 12.8. The van der Waals surface area contributed by atoms with Gasteiger partial charge in [-0.2, -0.15) is 0 Å². The van der Waals surface area contributed by atoms with Gasteiger partial charge in [0.1, 0.15) is 23.5 Å². The molecule has 0 bridgehead atoms. The maximum Gasteiger partial charge on any atom is 0.268 e. The molecular weight excluding hydrogens is 468 g/mol. The van der Waals surface area contributed by atoms with E-state index in [9.17, 15) is 9.59 Å². The molecule has 0 saturated heterocycles. The predicted molar refractivity (Wildman–Crippen MR) is 143 cm³/mol. The molecule has 1 amide bonds. The minimum Gasteiger partial charge on any atom is -0.497 e. The number of aryl methyl sites for hydroxylation is 1. The summed E-state index contributed by atoms with van der Waals surface area (Å²) in [6, 6.07) is 13.5. The monoisotopic (exact) mass is 500 g/mol. The highest BCUT2D eigenvalue weighted by Crippen LogP contribution is 2.37. The second-order valence-electron chi connectivity index (χ2n) is 9.46. The van der Waals surface area contributed by atoms with Crippen molar-refractivity contribution < 1.29 is 14.3 Å². The van der Waals surface area contributed by atoms with Gasteiger partial charge >= 0.3 is 0 Å². The molecule has 0 unspecified atom stereocenters. The Labute approximate surface area is 215 Å². The predicted octanol–water partition coefficient (Wildman–Crippen LogP) is 4.99. The van der Waals surface area contributed by atoms with Crippen LogP contribution in [0.1, 0.15) is 66.0 Å². The fourth-order valence-electron chi connectivity index (χ4n) is 5.15. The maximum atomic E-state index is 13.6. The van der Waals surface area contributed by atoms with Crippen LogP contribution in [0.25, 0.3) is 16.6 Å². The number of hydrogen-bond acceptors (Lipinski definition) is 5. The van der Waals surface area contributed by atoms with E-state index in [2.05, 4.69) is 16.4 Å². The van der Waals surface area contributed by atoms with Gasteiger partial charge < -0.3 is 19.8 Å². The van der Waals surface area contributed by atoms with Gasteiger partial charge in [-0.3, -0.25) is 14.0 Å². The molecule has 8 heteroatoms. The van der Waals surface area contributed by atoms with Crippen molar-refractivity contribution in [2.75, 3.05) is 13.7 Å². The lowest BCUT2D eigenvalue weighted by Crippen LogP contribution is -2.29. The summed E-state index contributed by atoms with van der Waals surface area (Å²) < 4.78 is 12.8. The van der Waals surface area contributed by atoms with Gasteiger partial charge in [0.25, 0.3) is 11.5 Å². The largest absolute Gasteiger partial charge is 0.497 e. The molecule has 2 N–H and O–H groups in total. The quantitative estimate of drug-likeness (QED) is 0.355. The third-order valence-electron chi connectivity index (χ3n) is 7.03. The van der Waals surface area contributed by atoms with Crippen LogP contribution in [0.4, 0.5) is 0 Å². The number of imidazole rings is 1. The Bertz CT molecular complexity index is 1480. The highest BCUT2D eigenvalue weighted by atomic mass is 16.5. The van der Waals surface area contributed by atoms with Crippen LogP contribution < -0.4 is 20.3 Å². The number of methoxy groups -OCH3 is 1. The van der Waals surface area contributed by atoms with Crippen LogP contribution in [0.15, 0.2) is 53.6 Å². The summed E-state index contributed by atoms with van der Waals surface area (Å²) in [6.45, 7) is 4.13. The Kier molecular flexibility index (Phi) is 6.99. The minimum absolute atomic E-state index is 0.0439. The molecule has 1 aliphatic carbocycles. The van der Waals surface area contributed by atoms with E-state index >= 15 is 0 Å². The highest BCUT2D eigenvalue weighted by Gasteiger charge is 2.24. The smallest absolute Gasteiger partial charge is 0.268 e. The van der Waals surface area contributed by atoms with Gasteiger partial charge in [0.2, 0.25) is 0 Å². The number of rotatable bonds is 8. The molecule has 37 heavy (non-hydrogen) atoms. The first-order valence-electron chi connectivity index (χ1n) is 12.8. The SMILES string of the molecule is CCOc1cc(C)[nH]c(=O)c1CNC(=O)c1cc(-c2ccc(OC)cc2)cc2c(C3CCCC3)ncn12. The van der Waals surface area contributed by atoms with E-state index in [1.807, 2.05) is 41.7 Å². The Balaban J connectivity index is 1.53. The van der Waals surface area contributed by atoms with Crippen LogP contribution in [-0.4, -0.2) is 34.0 Å². The van der Waals surface area contributed by atoms with E-state index in [-0.39, 0.29) is 18.0 Å². The lowest BCUT2D eigenvalue weighted by atomic mass is 10.00. The minimum atomic E-state index is -0.293. The van der Waals surface area contributed by atoms with E-state index in [1.54, 1.807) is 26.4 Å². The molecule has 0 spiro atoms. The van der Waals surface area contributed by atoms with Crippen molar-refractivity contribution in [3.05, 3.63) is 81.8 Å². The van der Waals surface area contributed by atoms with Crippen molar-refractivity contribution in [2.45, 2.75) is 52.0 Å². The van der Waals surface area contributed by atoms with Gasteiger partial charge in [0.15, 0.2) is 0 Å². The first-order chi connectivity index (χ1) is 18.0. The van der Waals surface area contributed by atoms with E-state index in [1.165, 1.54) is 12.8 Å². The lowest BCUT2D eigenvalue weighted by molar-refractivity contribution is 0.0944. The molecule has 0 radical (unpaired) electrons. The van der Waals surface area contributed by atoms with E-state index in [0.29, 0.717) is 35.2 Å². The summed E-state index contributed by atoms with van der Waals surface area (Å²) in [4.78, 5) is 33.7. The number of nitrogens with one attached hydrogen (secondary N) is 2. The van der Waals surface area contributed by atoms with Crippen molar-refractivity contribution in [1.29, 1.82) is 0 Å². The average Bonchev–Trinajstić information content (AvgIpc) is 3.57. The fourth-order valence-corrected chi connectivity index (χ4v) is 5.15. The van der Waals surface area contributed by atoms with Crippen LogP contribution in [0, 0.1) is 6.92 Å². The number of carbonyl (C=O) groups excluding carboxylic acids is 1. The number of hydrogen-bond donors (Lipinski definition) is 2. The summed E-state index contributed by atoms with van der Waals surface area (Å²) in [7, 11) is 1.64. The first kappa shape index (κ1) is 24.6. The van der Waals surface area contributed by atoms with Crippen LogP contribution in [0.3, 0.4) is 0 Å². The molecule has 0 atom stereocenters. The van der Waals surface area contributed by atoms with Gasteiger partial charge in [-0.15, -0.1) is 0 Å². The Morgan fingerprint density at radius 2 is 1.89 bits per heavy atom. The number of benzene rings is 1. The molecule has 8 nitrogen and oxygen atoms in total. The molecule has 1 fully saturated rings. The van der Waals surface area contributed by atoms with Gasteiger partial charge in [-0.25, -0.2) is 4.98 Å². The topological polar surface area (TPSA) is 97.7 Å². The number of ether oxygens (including phenoxy) is 2. The van der Waals surface area contributed by atoms with Crippen molar-refractivity contribution >= 4 is 11.4 Å². The number of pyridine rings is 2. The van der Waals surface area contributed by atoms with Crippen molar-refractivity contribution in [3.63, 3.8) is 0 Å². The van der Waals surface area contributed by atoms with Crippen molar-refractivity contribution in [3.8, 4) is 22.6 Å². The Hall–Kier alpha value is -4.07. The number of carbonyl (C=O) groups is 1. The molecule has 0 aliphatic heterocycles. The van der Waals surface area contributed by atoms with Gasteiger partial charge in [-0.1, -0.05) is 25.0 Å². The second-order valence-corrected chi connectivity index (χ2v) is 9.46. The molecule has 5 rings (SSSR count). The molecule has 3 heterocycles. The van der Waals surface area contributed by atoms with Crippen LogP contribution in [0.2, 0.25) is 0 Å². The van der Waals surface area contributed by atoms with Crippen molar-refractivity contribution in [2.24, 2.45) is 0 Å². The van der Waals surface area contributed by atoms with Crippen LogP contribution >= 0.6 is 0 Å². The van der Waals surface area contributed by atoms with E-state index in [4.69, 9.17) is 14.5 Å². The maximum absolute atomic E-state index is 13.6.